The molecule has 0 aromatic carbocycles. The van der Waals surface area contributed by atoms with Crippen molar-refractivity contribution in [2.45, 2.75) is 31.8 Å². The summed E-state index contributed by atoms with van der Waals surface area (Å²) < 4.78 is 0. The number of amides is 3. The Morgan fingerprint density at radius 1 is 1.60 bits per heavy atom. The highest BCUT2D eigenvalue weighted by atomic mass is 32.2. The Balaban J connectivity index is 2.62. The minimum Gasteiger partial charge on any atom is -0.481 e. The molecule has 0 aromatic heterocycles. The van der Waals surface area contributed by atoms with Gasteiger partial charge in [-0.15, -0.1) is 0 Å². The smallest absolute Gasteiger partial charge is 0.318 e. The van der Waals surface area contributed by atoms with E-state index in [1.807, 2.05) is 13.2 Å². The van der Waals surface area contributed by atoms with Crippen LogP contribution in [0.5, 0.6) is 0 Å². The molecule has 0 aliphatic carbocycles. The van der Waals surface area contributed by atoms with Crippen LogP contribution in [0.4, 0.5) is 4.79 Å². The maximum atomic E-state index is 12.1. The van der Waals surface area contributed by atoms with Crippen LogP contribution in [0.3, 0.4) is 0 Å². The minimum atomic E-state index is -1.10. The predicted molar refractivity (Wildman–Crippen MR) is 76.7 cm³/mol. The molecule has 7 nitrogen and oxygen atoms in total. The van der Waals surface area contributed by atoms with E-state index in [-0.39, 0.29) is 18.5 Å². The van der Waals surface area contributed by atoms with Crippen molar-refractivity contribution in [3.05, 3.63) is 0 Å². The normalized spacial score (nSPS) is 20.2. The number of hydrogen-bond donors (Lipinski definition) is 3. The summed E-state index contributed by atoms with van der Waals surface area (Å²) in [7, 11) is 0. The number of carboxylic acid groups (broad SMARTS) is 1. The monoisotopic (exact) mass is 303 g/mol. The standard InChI is InChI=1S/C12H21N3O4S/c1-8(3-6-20-2)14-12(19)15-5-4-13-11(18)9(15)7-10(16)17/h8-9H,3-7H2,1-2H3,(H,13,18)(H,14,19)(H,16,17). The molecule has 0 aromatic rings. The van der Waals surface area contributed by atoms with E-state index in [2.05, 4.69) is 10.6 Å². The summed E-state index contributed by atoms with van der Waals surface area (Å²) >= 11 is 1.70. The maximum absolute atomic E-state index is 12.1. The molecule has 1 saturated heterocycles. The van der Waals surface area contributed by atoms with Gasteiger partial charge in [-0.3, -0.25) is 9.59 Å². The van der Waals surface area contributed by atoms with Gasteiger partial charge in [0.1, 0.15) is 6.04 Å². The van der Waals surface area contributed by atoms with Gasteiger partial charge in [-0.05, 0) is 25.4 Å². The molecule has 3 N–H and O–H groups in total. The van der Waals surface area contributed by atoms with Crippen LogP contribution in [-0.4, -0.2) is 65.1 Å². The summed E-state index contributed by atoms with van der Waals surface area (Å²) in [5, 5.41) is 14.2. The fourth-order valence-corrected chi connectivity index (χ4v) is 2.58. The molecule has 8 heteroatoms. The molecule has 1 heterocycles. The van der Waals surface area contributed by atoms with Crippen LogP contribution >= 0.6 is 11.8 Å². The lowest BCUT2D eigenvalue weighted by Gasteiger charge is -2.35. The van der Waals surface area contributed by atoms with Gasteiger partial charge < -0.3 is 20.6 Å². The van der Waals surface area contributed by atoms with E-state index in [1.54, 1.807) is 11.8 Å². The molecule has 114 valence electrons. The zero-order valence-electron chi connectivity index (χ0n) is 11.7. The number of aliphatic carboxylic acids is 1. The molecule has 0 radical (unpaired) electrons. The number of nitrogens with one attached hydrogen (secondary N) is 2. The van der Waals surface area contributed by atoms with Crippen LogP contribution in [0.15, 0.2) is 0 Å². The third-order valence-corrected chi connectivity index (χ3v) is 3.73. The van der Waals surface area contributed by atoms with Crippen molar-refractivity contribution in [1.82, 2.24) is 15.5 Å². The number of piperazine rings is 1. The van der Waals surface area contributed by atoms with E-state index in [0.29, 0.717) is 13.1 Å². The summed E-state index contributed by atoms with van der Waals surface area (Å²) in [6.07, 6.45) is 2.45. The fraction of sp³-hybridized carbons (Fsp3) is 0.750. The molecular formula is C12H21N3O4S. The SMILES string of the molecule is CSCCC(C)NC(=O)N1CCNC(=O)C1CC(=O)O. The third-order valence-electron chi connectivity index (χ3n) is 3.08. The number of rotatable bonds is 6. The number of carbonyl (C=O) groups excluding carboxylic acids is 2. The molecule has 3 amide bonds. The Bertz CT molecular complexity index is 378. The van der Waals surface area contributed by atoms with Gasteiger partial charge in [0.25, 0.3) is 0 Å². The highest BCUT2D eigenvalue weighted by molar-refractivity contribution is 7.98. The summed E-state index contributed by atoms with van der Waals surface area (Å²) in [5.41, 5.74) is 0. The molecule has 20 heavy (non-hydrogen) atoms. The van der Waals surface area contributed by atoms with Crippen LogP contribution in [-0.2, 0) is 9.59 Å². The van der Waals surface area contributed by atoms with Gasteiger partial charge in [-0.25, -0.2) is 4.79 Å². The minimum absolute atomic E-state index is 0.00887. The van der Waals surface area contributed by atoms with Crippen molar-refractivity contribution < 1.29 is 19.5 Å². The van der Waals surface area contributed by atoms with Crippen LogP contribution in [0.25, 0.3) is 0 Å². The van der Waals surface area contributed by atoms with Crippen molar-refractivity contribution in [1.29, 1.82) is 0 Å². The summed E-state index contributed by atoms with van der Waals surface area (Å²) in [5.74, 6) is -0.577. The quantitative estimate of drug-likeness (QED) is 0.647. The first kappa shape index (κ1) is 16.6. The van der Waals surface area contributed by atoms with E-state index in [0.717, 1.165) is 12.2 Å². The summed E-state index contributed by atoms with van der Waals surface area (Å²) in [6, 6.07) is -1.32. The number of nitrogens with zero attached hydrogens (tertiary/aromatic N) is 1. The van der Waals surface area contributed by atoms with E-state index in [1.165, 1.54) is 4.90 Å². The molecule has 1 rings (SSSR count). The van der Waals surface area contributed by atoms with E-state index in [4.69, 9.17) is 5.11 Å². The summed E-state index contributed by atoms with van der Waals surface area (Å²) in [4.78, 5) is 36.0. The second kappa shape index (κ2) is 7.98. The van der Waals surface area contributed by atoms with E-state index >= 15 is 0 Å². The van der Waals surface area contributed by atoms with Gasteiger partial charge in [0, 0.05) is 19.1 Å². The zero-order valence-corrected chi connectivity index (χ0v) is 12.5. The van der Waals surface area contributed by atoms with Crippen molar-refractivity contribution in [2.75, 3.05) is 25.1 Å². The highest BCUT2D eigenvalue weighted by Crippen LogP contribution is 2.10. The second-order valence-corrected chi connectivity index (χ2v) is 5.72. The van der Waals surface area contributed by atoms with Gasteiger partial charge in [0.2, 0.25) is 5.91 Å². The second-order valence-electron chi connectivity index (χ2n) is 4.73. The van der Waals surface area contributed by atoms with Gasteiger partial charge in [0.15, 0.2) is 0 Å². The van der Waals surface area contributed by atoms with Gasteiger partial charge in [0.05, 0.1) is 6.42 Å². The molecule has 2 atom stereocenters. The van der Waals surface area contributed by atoms with Gasteiger partial charge >= 0.3 is 12.0 Å². The number of carboxylic acids is 1. The van der Waals surface area contributed by atoms with Crippen molar-refractivity contribution >= 4 is 29.7 Å². The Hall–Kier alpha value is -1.44. The number of hydrogen-bond acceptors (Lipinski definition) is 4. The Kier molecular flexibility index (Phi) is 6.63. The predicted octanol–water partition coefficient (Wildman–Crippen LogP) is 0.113. The first-order valence-electron chi connectivity index (χ1n) is 6.51. The number of urea groups is 1. The lowest BCUT2D eigenvalue weighted by atomic mass is 10.1. The first-order valence-corrected chi connectivity index (χ1v) is 7.90. The largest absolute Gasteiger partial charge is 0.481 e. The van der Waals surface area contributed by atoms with Crippen LogP contribution in [0.1, 0.15) is 19.8 Å². The van der Waals surface area contributed by atoms with Crippen LogP contribution < -0.4 is 10.6 Å². The van der Waals surface area contributed by atoms with Crippen LogP contribution in [0.2, 0.25) is 0 Å². The average Bonchev–Trinajstić information content (AvgIpc) is 2.38. The molecule has 0 saturated carbocycles. The highest BCUT2D eigenvalue weighted by Gasteiger charge is 2.34. The molecule has 0 spiro atoms. The van der Waals surface area contributed by atoms with Crippen molar-refractivity contribution in [3.63, 3.8) is 0 Å². The van der Waals surface area contributed by atoms with E-state index < -0.39 is 17.9 Å². The Morgan fingerprint density at radius 2 is 2.30 bits per heavy atom. The van der Waals surface area contributed by atoms with Crippen molar-refractivity contribution in [2.24, 2.45) is 0 Å². The fourth-order valence-electron chi connectivity index (χ4n) is 1.99. The topological polar surface area (TPSA) is 98.7 Å². The lowest BCUT2D eigenvalue weighted by molar-refractivity contribution is -0.142. The first-order chi connectivity index (χ1) is 9.45. The van der Waals surface area contributed by atoms with Crippen LogP contribution in [0, 0.1) is 0 Å². The van der Waals surface area contributed by atoms with E-state index in [9.17, 15) is 14.4 Å². The molecular weight excluding hydrogens is 282 g/mol. The zero-order chi connectivity index (χ0) is 15.1. The molecule has 1 fully saturated rings. The molecule has 1 aliphatic rings. The number of thioether (sulfide) groups is 1. The third kappa shape index (κ3) is 4.92. The molecule has 0 bridgehead atoms. The summed E-state index contributed by atoms with van der Waals surface area (Å²) in [6.45, 7) is 2.57. The van der Waals surface area contributed by atoms with Gasteiger partial charge in [-0.1, -0.05) is 0 Å². The Labute approximate surface area is 122 Å². The van der Waals surface area contributed by atoms with Gasteiger partial charge in [-0.2, -0.15) is 11.8 Å². The maximum Gasteiger partial charge on any atom is 0.318 e. The molecule has 2 unspecified atom stereocenters. The Morgan fingerprint density at radius 3 is 2.90 bits per heavy atom. The number of carbonyl (C=O) groups is 3. The molecule has 1 aliphatic heterocycles. The van der Waals surface area contributed by atoms with Crippen molar-refractivity contribution in [3.8, 4) is 0 Å². The average molecular weight is 303 g/mol. The lowest BCUT2D eigenvalue weighted by Crippen LogP contribution is -2.60.